The van der Waals surface area contributed by atoms with Crippen LogP contribution >= 0.6 is 15.9 Å². The summed E-state index contributed by atoms with van der Waals surface area (Å²) in [5, 5.41) is 3.40. The van der Waals surface area contributed by atoms with Crippen molar-refractivity contribution >= 4 is 26.0 Å². The maximum absolute atomic E-state index is 12.4. The van der Waals surface area contributed by atoms with E-state index in [0.717, 1.165) is 31.4 Å². The Morgan fingerprint density at radius 2 is 2.05 bits per heavy atom. The second-order valence-corrected chi connectivity index (χ2v) is 8.11. The van der Waals surface area contributed by atoms with Gasteiger partial charge in [0.05, 0.1) is 4.90 Å². The molecule has 0 heterocycles. The van der Waals surface area contributed by atoms with E-state index in [1.54, 1.807) is 6.07 Å². The number of sulfonamides is 1. The fraction of sp³-hybridized carbons (Fsp3) is 0.600. The van der Waals surface area contributed by atoms with Gasteiger partial charge in [-0.2, -0.15) is 0 Å². The molecular formula is C15H23BrN2O2S. The topological polar surface area (TPSA) is 58.2 Å². The predicted molar refractivity (Wildman–Crippen MR) is 88.7 cm³/mol. The summed E-state index contributed by atoms with van der Waals surface area (Å²) in [6, 6.07) is 6.13. The van der Waals surface area contributed by atoms with E-state index in [0.29, 0.717) is 22.0 Å². The molecule has 0 amide bonds. The van der Waals surface area contributed by atoms with Gasteiger partial charge in [0.2, 0.25) is 10.0 Å². The number of halogens is 1. The fourth-order valence-corrected chi connectivity index (χ4v) is 4.16. The number of benzene rings is 1. The highest BCUT2D eigenvalue weighted by Gasteiger charge is 2.21. The maximum atomic E-state index is 12.4. The van der Waals surface area contributed by atoms with Crippen molar-refractivity contribution in [3.8, 4) is 0 Å². The van der Waals surface area contributed by atoms with Gasteiger partial charge in [-0.05, 0) is 52.9 Å². The summed E-state index contributed by atoms with van der Waals surface area (Å²) in [5.41, 5.74) is 0.999. The van der Waals surface area contributed by atoms with E-state index in [-0.39, 0.29) is 0 Å². The molecule has 118 valence electrons. The van der Waals surface area contributed by atoms with E-state index in [1.807, 2.05) is 12.1 Å². The number of rotatable bonds is 9. The standard InChI is InChI=1S/C15H23BrN2O2S/c1-2-3-4-9-18-21(19,20)15-10-12(5-8-14(15)16)11-17-13-6-7-13/h5,8,10,13,17-18H,2-4,6-7,9,11H2,1H3. The maximum Gasteiger partial charge on any atom is 0.241 e. The van der Waals surface area contributed by atoms with Gasteiger partial charge in [-0.1, -0.05) is 25.8 Å². The molecule has 1 saturated carbocycles. The summed E-state index contributed by atoms with van der Waals surface area (Å²) in [4.78, 5) is 0.328. The van der Waals surface area contributed by atoms with Crippen LogP contribution in [0.15, 0.2) is 27.6 Å². The quantitative estimate of drug-likeness (QED) is 0.652. The smallest absolute Gasteiger partial charge is 0.241 e. The van der Waals surface area contributed by atoms with Crippen molar-refractivity contribution < 1.29 is 8.42 Å². The summed E-state index contributed by atoms with van der Waals surface area (Å²) in [5.74, 6) is 0. The van der Waals surface area contributed by atoms with Crippen LogP contribution in [0.1, 0.15) is 44.6 Å². The van der Waals surface area contributed by atoms with Crippen LogP contribution in [-0.2, 0) is 16.6 Å². The second kappa shape index (κ2) is 7.72. The first-order valence-corrected chi connectivity index (χ1v) is 9.82. The Bertz CT molecular complexity index is 571. The number of nitrogens with one attached hydrogen (secondary N) is 2. The average molecular weight is 375 g/mol. The van der Waals surface area contributed by atoms with Gasteiger partial charge in [0.1, 0.15) is 0 Å². The molecule has 0 aliphatic heterocycles. The van der Waals surface area contributed by atoms with Crippen LogP contribution in [0.25, 0.3) is 0 Å². The Morgan fingerprint density at radius 1 is 1.29 bits per heavy atom. The van der Waals surface area contributed by atoms with E-state index in [4.69, 9.17) is 0 Å². The molecule has 4 nitrogen and oxygen atoms in total. The minimum absolute atomic E-state index is 0.328. The summed E-state index contributed by atoms with van der Waals surface area (Å²) in [7, 11) is -3.44. The molecule has 1 fully saturated rings. The zero-order valence-corrected chi connectivity index (χ0v) is 14.8. The number of unbranched alkanes of at least 4 members (excludes halogenated alkanes) is 2. The van der Waals surface area contributed by atoms with Crippen LogP contribution in [0.5, 0.6) is 0 Å². The van der Waals surface area contributed by atoms with Crippen LogP contribution < -0.4 is 10.0 Å². The number of hydrogen-bond acceptors (Lipinski definition) is 3. The first-order valence-electron chi connectivity index (χ1n) is 7.54. The Balaban J connectivity index is 2.03. The van der Waals surface area contributed by atoms with E-state index < -0.39 is 10.0 Å². The molecule has 0 bridgehead atoms. The summed E-state index contributed by atoms with van der Waals surface area (Å²) < 4.78 is 28.0. The molecule has 0 aromatic heterocycles. The largest absolute Gasteiger partial charge is 0.310 e. The predicted octanol–water partition coefficient (Wildman–Crippen LogP) is 3.17. The van der Waals surface area contributed by atoms with Gasteiger partial charge in [0.15, 0.2) is 0 Å². The van der Waals surface area contributed by atoms with E-state index in [9.17, 15) is 8.42 Å². The van der Waals surface area contributed by atoms with Crippen LogP contribution in [0.4, 0.5) is 0 Å². The summed E-state index contributed by atoms with van der Waals surface area (Å²) in [6.45, 7) is 3.31. The summed E-state index contributed by atoms with van der Waals surface area (Å²) >= 11 is 3.34. The monoisotopic (exact) mass is 374 g/mol. The van der Waals surface area contributed by atoms with Gasteiger partial charge in [-0.25, -0.2) is 13.1 Å². The Labute approximate surface area is 135 Å². The molecule has 6 heteroatoms. The Morgan fingerprint density at radius 3 is 2.71 bits per heavy atom. The molecule has 0 radical (unpaired) electrons. The van der Waals surface area contributed by atoms with Gasteiger partial charge in [-0.15, -0.1) is 0 Å². The molecule has 21 heavy (non-hydrogen) atoms. The molecule has 0 spiro atoms. The first kappa shape index (κ1) is 16.9. The molecule has 1 aromatic carbocycles. The minimum Gasteiger partial charge on any atom is -0.310 e. The normalized spacial score (nSPS) is 15.3. The summed E-state index contributed by atoms with van der Waals surface area (Å²) in [6.07, 6.45) is 5.43. The minimum atomic E-state index is -3.44. The Kier molecular flexibility index (Phi) is 6.22. The van der Waals surface area contributed by atoms with Gasteiger partial charge in [0, 0.05) is 23.6 Å². The molecule has 0 unspecified atom stereocenters. The molecule has 0 saturated heterocycles. The van der Waals surface area contributed by atoms with Crippen LogP contribution in [0.3, 0.4) is 0 Å². The Hall–Kier alpha value is -0.430. The molecule has 0 atom stereocenters. The average Bonchev–Trinajstić information content (AvgIpc) is 3.27. The SMILES string of the molecule is CCCCCNS(=O)(=O)c1cc(CNC2CC2)ccc1Br. The highest BCUT2D eigenvalue weighted by Crippen LogP contribution is 2.24. The van der Waals surface area contributed by atoms with E-state index in [2.05, 4.69) is 32.9 Å². The lowest BCUT2D eigenvalue weighted by Crippen LogP contribution is -2.25. The van der Waals surface area contributed by atoms with Crippen LogP contribution in [0, 0.1) is 0 Å². The van der Waals surface area contributed by atoms with Gasteiger partial charge in [0.25, 0.3) is 0 Å². The van der Waals surface area contributed by atoms with Crippen molar-refractivity contribution in [3.05, 3.63) is 28.2 Å². The third-order valence-electron chi connectivity index (χ3n) is 3.53. The van der Waals surface area contributed by atoms with Gasteiger partial charge >= 0.3 is 0 Å². The molecule has 2 N–H and O–H groups in total. The van der Waals surface area contributed by atoms with E-state index in [1.165, 1.54) is 12.8 Å². The van der Waals surface area contributed by atoms with Crippen molar-refractivity contribution in [1.29, 1.82) is 0 Å². The van der Waals surface area contributed by atoms with Crippen molar-refractivity contribution in [2.24, 2.45) is 0 Å². The lowest BCUT2D eigenvalue weighted by Gasteiger charge is -2.11. The van der Waals surface area contributed by atoms with Crippen LogP contribution in [0.2, 0.25) is 0 Å². The van der Waals surface area contributed by atoms with E-state index >= 15 is 0 Å². The molecule has 1 aliphatic rings. The zero-order valence-electron chi connectivity index (χ0n) is 12.4. The molecular weight excluding hydrogens is 352 g/mol. The zero-order chi connectivity index (χ0) is 15.3. The molecule has 1 aromatic rings. The van der Waals surface area contributed by atoms with Crippen molar-refractivity contribution in [3.63, 3.8) is 0 Å². The highest BCUT2D eigenvalue weighted by molar-refractivity contribution is 9.10. The lowest BCUT2D eigenvalue weighted by molar-refractivity contribution is 0.575. The number of hydrogen-bond donors (Lipinski definition) is 2. The highest BCUT2D eigenvalue weighted by atomic mass is 79.9. The van der Waals surface area contributed by atoms with Crippen molar-refractivity contribution in [1.82, 2.24) is 10.0 Å². The fourth-order valence-electron chi connectivity index (χ4n) is 2.07. The van der Waals surface area contributed by atoms with Crippen LogP contribution in [-0.4, -0.2) is 21.0 Å². The van der Waals surface area contributed by atoms with Crippen molar-refractivity contribution in [2.45, 2.75) is 56.5 Å². The molecule has 1 aliphatic carbocycles. The van der Waals surface area contributed by atoms with Gasteiger partial charge in [-0.3, -0.25) is 0 Å². The van der Waals surface area contributed by atoms with Gasteiger partial charge < -0.3 is 5.32 Å². The lowest BCUT2D eigenvalue weighted by atomic mass is 10.2. The third kappa shape index (κ3) is 5.36. The second-order valence-electron chi connectivity index (χ2n) is 5.52. The third-order valence-corrected chi connectivity index (χ3v) is 5.98. The molecule has 2 rings (SSSR count). The van der Waals surface area contributed by atoms with Crippen molar-refractivity contribution in [2.75, 3.05) is 6.54 Å². The first-order chi connectivity index (χ1) is 10.0.